The molecule has 134 valence electrons. The Balaban J connectivity index is 2.12. The first-order valence-corrected chi connectivity index (χ1v) is 9.28. The lowest BCUT2D eigenvalue weighted by atomic mass is 9.94. The molecule has 0 bridgehead atoms. The van der Waals surface area contributed by atoms with Gasteiger partial charge < -0.3 is 9.64 Å². The summed E-state index contributed by atoms with van der Waals surface area (Å²) < 4.78 is 5.78. The molecule has 0 N–H and O–H groups in total. The number of ether oxygens (including phenoxy) is 1. The molecule has 2 aliphatic rings. The lowest BCUT2D eigenvalue weighted by Gasteiger charge is -2.35. The van der Waals surface area contributed by atoms with E-state index in [0.29, 0.717) is 5.56 Å². The summed E-state index contributed by atoms with van der Waals surface area (Å²) in [5, 5.41) is 4.06. The fourth-order valence-corrected chi connectivity index (χ4v) is 4.91. The van der Waals surface area contributed by atoms with E-state index >= 15 is 0 Å². The summed E-state index contributed by atoms with van der Waals surface area (Å²) in [6.07, 6.45) is 1.83. The Hall–Kier alpha value is -1.72. The number of carbonyl (C=O) groups excluding carboxylic acids is 1. The Morgan fingerprint density at radius 3 is 2.76 bits per heavy atom. The number of rotatable bonds is 3. The Kier molecular flexibility index (Phi) is 4.73. The van der Waals surface area contributed by atoms with Gasteiger partial charge >= 0.3 is 5.97 Å². The molecule has 1 aliphatic heterocycles. The van der Waals surface area contributed by atoms with E-state index in [9.17, 15) is 4.79 Å². The lowest BCUT2D eigenvalue weighted by Crippen LogP contribution is -2.43. The molecule has 1 fully saturated rings. The van der Waals surface area contributed by atoms with E-state index in [-0.39, 0.29) is 29.4 Å². The van der Waals surface area contributed by atoms with Gasteiger partial charge in [0, 0.05) is 27.9 Å². The van der Waals surface area contributed by atoms with Gasteiger partial charge in [-0.1, -0.05) is 25.9 Å². The highest BCUT2D eigenvalue weighted by Crippen LogP contribution is 2.53. The topological polar surface area (TPSA) is 78.3 Å². The summed E-state index contributed by atoms with van der Waals surface area (Å²) in [6.45, 7) is 7.46. The van der Waals surface area contributed by atoms with Crippen molar-refractivity contribution in [2.45, 2.75) is 51.6 Å². The number of hydrogen-bond donors (Lipinski definition) is 0. The number of esters is 1. The van der Waals surface area contributed by atoms with Crippen molar-refractivity contribution < 1.29 is 9.53 Å². The molecule has 0 spiro atoms. The van der Waals surface area contributed by atoms with Gasteiger partial charge in [-0.05, 0) is 57.4 Å². The highest BCUT2D eigenvalue weighted by molar-refractivity contribution is 9.10. The van der Waals surface area contributed by atoms with Gasteiger partial charge in [-0.2, -0.15) is 0 Å². The van der Waals surface area contributed by atoms with Gasteiger partial charge in [-0.3, -0.25) is 0 Å². The minimum atomic E-state index is -0.334. The number of carbonyl (C=O) groups is 1. The van der Waals surface area contributed by atoms with Crippen molar-refractivity contribution in [2.24, 2.45) is 10.5 Å². The molecule has 0 aromatic heterocycles. The number of hydrogen-bond acceptors (Lipinski definition) is 4. The van der Waals surface area contributed by atoms with Crippen molar-refractivity contribution in [1.29, 1.82) is 0 Å². The average molecular weight is 407 g/mol. The van der Waals surface area contributed by atoms with Crippen LogP contribution in [0.4, 0.5) is 5.69 Å². The minimum Gasteiger partial charge on any atom is -0.465 e. The predicted octanol–water partition coefficient (Wildman–Crippen LogP) is 5.03. The van der Waals surface area contributed by atoms with Crippen LogP contribution >= 0.6 is 15.9 Å². The third kappa shape index (κ3) is 3.23. The Morgan fingerprint density at radius 2 is 2.16 bits per heavy atom. The first kappa shape index (κ1) is 18.1. The zero-order valence-electron chi connectivity index (χ0n) is 15.0. The normalized spacial score (nSPS) is 24.5. The van der Waals surface area contributed by atoms with Crippen LogP contribution in [0.2, 0.25) is 0 Å². The second kappa shape index (κ2) is 6.54. The van der Waals surface area contributed by atoms with Crippen LogP contribution in [0.3, 0.4) is 0 Å². The molecule has 1 aromatic rings. The highest BCUT2D eigenvalue weighted by Gasteiger charge is 2.48. The molecule has 7 heteroatoms. The van der Waals surface area contributed by atoms with E-state index in [4.69, 9.17) is 10.3 Å². The monoisotopic (exact) mass is 406 g/mol. The fraction of sp³-hybridized carbons (Fsp3) is 0.611. The van der Waals surface area contributed by atoms with Crippen LogP contribution in [0.1, 0.15) is 55.5 Å². The lowest BCUT2D eigenvalue weighted by molar-refractivity contribution is 0.0600. The Morgan fingerprint density at radius 1 is 1.44 bits per heavy atom. The quantitative estimate of drug-likeness (QED) is 0.305. The van der Waals surface area contributed by atoms with Crippen molar-refractivity contribution in [1.82, 2.24) is 0 Å². The van der Waals surface area contributed by atoms with Gasteiger partial charge in [-0.25, -0.2) is 4.79 Å². The maximum atomic E-state index is 12.0. The number of methoxy groups -OCH3 is 1. The maximum Gasteiger partial charge on any atom is 0.337 e. The second-order valence-electron chi connectivity index (χ2n) is 8.02. The van der Waals surface area contributed by atoms with E-state index < -0.39 is 0 Å². The van der Waals surface area contributed by atoms with Crippen LogP contribution in [0.5, 0.6) is 0 Å². The molecule has 1 heterocycles. The van der Waals surface area contributed by atoms with Crippen molar-refractivity contribution in [2.75, 3.05) is 18.6 Å². The van der Waals surface area contributed by atoms with Gasteiger partial charge in [0.25, 0.3) is 0 Å². The fourth-order valence-electron chi connectivity index (χ4n) is 4.20. The molecule has 0 saturated heterocycles. The summed E-state index contributed by atoms with van der Waals surface area (Å²) in [5.41, 5.74) is 11.9. The zero-order valence-corrected chi connectivity index (χ0v) is 16.6. The molecule has 0 amide bonds. The molecule has 25 heavy (non-hydrogen) atoms. The van der Waals surface area contributed by atoms with Gasteiger partial charge in [0.1, 0.15) is 0 Å². The summed E-state index contributed by atoms with van der Waals surface area (Å²) in [6, 6.07) is 3.88. The van der Waals surface area contributed by atoms with Crippen molar-refractivity contribution in [3.63, 3.8) is 0 Å². The van der Waals surface area contributed by atoms with E-state index in [2.05, 4.69) is 51.6 Å². The predicted molar refractivity (Wildman–Crippen MR) is 101 cm³/mol. The molecule has 6 nitrogen and oxygen atoms in total. The standard InChI is InChI=1S/C18H23BrN4O2/c1-18(2,3)9-23-15-12(7-10(8-13(15)19)17(24)25-4)11-5-6-14(16(11)23)21-22-20/h7-8,11,14,16H,5-6,9H2,1-4H3/t11-,14+,16+/m0/s1. The molecular formula is C18H23BrN4O2. The van der Waals surface area contributed by atoms with Gasteiger partial charge in [0.15, 0.2) is 0 Å². The van der Waals surface area contributed by atoms with Gasteiger partial charge in [-0.15, -0.1) is 0 Å². The molecule has 0 unspecified atom stereocenters. The van der Waals surface area contributed by atoms with Crippen molar-refractivity contribution >= 4 is 27.6 Å². The summed E-state index contributed by atoms with van der Waals surface area (Å²) >= 11 is 3.66. The first-order chi connectivity index (χ1) is 11.8. The minimum absolute atomic E-state index is 0.0433. The third-order valence-electron chi connectivity index (χ3n) is 4.99. The number of halogens is 1. The third-order valence-corrected chi connectivity index (χ3v) is 5.59. The molecule has 1 aromatic carbocycles. The van der Waals surface area contributed by atoms with Crippen molar-refractivity contribution in [3.05, 3.63) is 38.2 Å². The Labute approximate surface area is 156 Å². The van der Waals surface area contributed by atoms with Crippen LogP contribution in [-0.4, -0.2) is 31.7 Å². The molecular weight excluding hydrogens is 384 g/mol. The van der Waals surface area contributed by atoms with E-state index in [1.165, 1.54) is 7.11 Å². The number of nitrogens with zero attached hydrogens (tertiary/aromatic N) is 4. The van der Waals surface area contributed by atoms with Crippen LogP contribution < -0.4 is 4.90 Å². The smallest absolute Gasteiger partial charge is 0.337 e. The average Bonchev–Trinajstić information content (AvgIpc) is 3.06. The SMILES string of the molecule is COC(=O)c1cc(Br)c2c(c1)[C@@H]1CC[C@@H](N=[N+]=[N-])[C@@H]1N2CC(C)(C)C. The van der Waals surface area contributed by atoms with Gasteiger partial charge in [0.05, 0.1) is 24.4 Å². The van der Waals surface area contributed by atoms with Crippen LogP contribution in [0.25, 0.3) is 10.4 Å². The largest absolute Gasteiger partial charge is 0.465 e. The molecule has 1 saturated carbocycles. The number of azide groups is 1. The number of benzene rings is 1. The molecule has 0 radical (unpaired) electrons. The van der Waals surface area contributed by atoms with Crippen LogP contribution in [0, 0.1) is 5.41 Å². The maximum absolute atomic E-state index is 12.0. The second-order valence-corrected chi connectivity index (χ2v) is 8.88. The highest BCUT2D eigenvalue weighted by atomic mass is 79.9. The van der Waals surface area contributed by atoms with E-state index in [1.54, 1.807) is 0 Å². The molecule has 3 atom stereocenters. The Bertz CT molecular complexity index is 752. The number of anilines is 1. The van der Waals surface area contributed by atoms with E-state index in [0.717, 1.165) is 35.1 Å². The first-order valence-electron chi connectivity index (χ1n) is 8.49. The van der Waals surface area contributed by atoms with Crippen LogP contribution in [0.15, 0.2) is 21.7 Å². The molecule has 3 rings (SSSR count). The molecule has 1 aliphatic carbocycles. The summed E-state index contributed by atoms with van der Waals surface area (Å²) in [4.78, 5) is 17.4. The number of fused-ring (bicyclic) bond motifs is 3. The van der Waals surface area contributed by atoms with Crippen molar-refractivity contribution in [3.8, 4) is 0 Å². The van der Waals surface area contributed by atoms with Crippen LogP contribution in [-0.2, 0) is 4.74 Å². The zero-order chi connectivity index (χ0) is 18.4. The van der Waals surface area contributed by atoms with E-state index in [1.807, 2.05) is 12.1 Å². The van der Waals surface area contributed by atoms with Gasteiger partial charge in [0.2, 0.25) is 0 Å². The summed E-state index contributed by atoms with van der Waals surface area (Å²) in [5.74, 6) is -0.0623. The summed E-state index contributed by atoms with van der Waals surface area (Å²) in [7, 11) is 1.39.